The second-order valence-electron chi connectivity index (χ2n) is 7.51. The van der Waals surface area contributed by atoms with Crippen LogP contribution in [0.15, 0.2) is 36.4 Å². The van der Waals surface area contributed by atoms with Crippen LogP contribution in [-0.2, 0) is 10.2 Å². The summed E-state index contributed by atoms with van der Waals surface area (Å²) in [5, 5.41) is 5.60. The minimum atomic E-state index is 0.0622. The number of nitrogens with zero attached hydrogens (tertiary/aromatic N) is 1. The Labute approximate surface area is 145 Å². The molecule has 0 aliphatic carbocycles. The molecular weight excluding hydrogens is 296 g/mol. The predicted molar refractivity (Wildman–Crippen MR) is 102 cm³/mol. The molecule has 1 amide bonds. The Morgan fingerprint density at radius 1 is 1.17 bits per heavy atom. The van der Waals surface area contributed by atoms with E-state index < -0.39 is 0 Å². The Kier molecular flexibility index (Phi) is 4.53. The van der Waals surface area contributed by atoms with Gasteiger partial charge in [-0.2, -0.15) is 0 Å². The van der Waals surface area contributed by atoms with Crippen LogP contribution in [0.25, 0.3) is 10.8 Å². The molecule has 0 bridgehead atoms. The second kappa shape index (κ2) is 6.46. The average molecular weight is 324 g/mol. The maximum Gasteiger partial charge on any atom is 0.216 e. The molecule has 0 radical (unpaired) electrons. The standard InChI is InChI=1S/C21H28N2O/c1-15(24)22-14-8-7-11-19-21(2,3)20-17-10-6-5-9-16(17)12-13-18(20)23(19)4/h5-6,9-10,12-13,19H,7-8,11,14H2,1-4H3,(H,22,24). The van der Waals surface area contributed by atoms with Crippen molar-refractivity contribution in [3.63, 3.8) is 0 Å². The number of benzene rings is 2. The van der Waals surface area contributed by atoms with Crippen molar-refractivity contribution in [2.75, 3.05) is 18.5 Å². The molecule has 2 aromatic rings. The van der Waals surface area contributed by atoms with E-state index in [4.69, 9.17) is 0 Å². The van der Waals surface area contributed by atoms with Crippen molar-refractivity contribution < 1.29 is 4.79 Å². The minimum absolute atomic E-state index is 0.0622. The van der Waals surface area contributed by atoms with Gasteiger partial charge in [-0.05, 0) is 41.7 Å². The number of unbranched alkanes of at least 4 members (excludes halogenated alkanes) is 1. The SMILES string of the molecule is CC(=O)NCCCCC1N(C)c2ccc3ccccc3c2C1(C)C. The van der Waals surface area contributed by atoms with Gasteiger partial charge in [-0.15, -0.1) is 0 Å². The summed E-state index contributed by atoms with van der Waals surface area (Å²) >= 11 is 0. The van der Waals surface area contributed by atoms with Gasteiger partial charge in [0, 0.05) is 37.7 Å². The first-order chi connectivity index (χ1) is 11.4. The number of hydrogen-bond acceptors (Lipinski definition) is 2. The van der Waals surface area contributed by atoms with Gasteiger partial charge in [-0.3, -0.25) is 4.79 Å². The zero-order valence-electron chi connectivity index (χ0n) is 15.2. The first-order valence-corrected chi connectivity index (χ1v) is 8.92. The summed E-state index contributed by atoms with van der Waals surface area (Å²) in [5.74, 6) is 0.0622. The lowest BCUT2D eigenvalue weighted by atomic mass is 9.77. The number of likely N-dealkylation sites (N-methyl/N-ethyl adjacent to an activating group) is 1. The summed E-state index contributed by atoms with van der Waals surface area (Å²) in [6.45, 7) is 7.11. The van der Waals surface area contributed by atoms with Crippen molar-refractivity contribution in [2.24, 2.45) is 0 Å². The number of carbonyl (C=O) groups excluding carboxylic acids is 1. The van der Waals surface area contributed by atoms with E-state index in [0.717, 1.165) is 25.8 Å². The molecule has 1 unspecified atom stereocenters. The molecule has 0 fully saturated rings. The highest BCUT2D eigenvalue weighted by atomic mass is 16.1. The third-order valence-electron chi connectivity index (χ3n) is 5.51. The lowest BCUT2D eigenvalue weighted by Crippen LogP contribution is -2.39. The fourth-order valence-corrected chi connectivity index (χ4v) is 4.33. The van der Waals surface area contributed by atoms with Gasteiger partial charge in [0.1, 0.15) is 0 Å². The summed E-state index contributed by atoms with van der Waals surface area (Å²) in [5.41, 5.74) is 2.97. The van der Waals surface area contributed by atoms with E-state index in [2.05, 4.69) is 67.5 Å². The van der Waals surface area contributed by atoms with E-state index in [1.54, 1.807) is 6.92 Å². The quantitative estimate of drug-likeness (QED) is 0.834. The minimum Gasteiger partial charge on any atom is -0.370 e. The van der Waals surface area contributed by atoms with Crippen LogP contribution in [0, 0.1) is 0 Å². The molecule has 3 nitrogen and oxygen atoms in total. The average Bonchev–Trinajstić information content (AvgIpc) is 2.74. The fourth-order valence-electron chi connectivity index (χ4n) is 4.33. The highest BCUT2D eigenvalue weighted by Gasteiger charge is 2.43. The number of rotatable bonds is 5. The van der Waals surface area contributed by atoms with Crippen LogP contribution in [-0.4, -0.2) is 25.5 Å². The van der Waals surface area contributed by atoms with Gasteiger partial charge in [0.15, 0.2) is 0 Å². The summed E-state index contributed by atoms with van der Waals surface area (Å²) in [6, 6.07) is 13.7. The second-order valence-corrected chi connectivity index (χ2v) is 7.51. The Balaban J connectivity index is 1.81. The molecule has 0 saturated carbocycles. The monoisotopic (exact) mass is 324 g/mol. The predicted octanol–water partition coefficient (Wildman–Crippen LogP) is 4.24. The molecule has 1 heterocycles. The number of hydrogen-bond donors (Lipinski definition) is 1. The lowest BCUT2D eigenvalue weighted by Gasteiger charge is -2.32. The van der Waals surface area contributed by atoms with Gasteiger partial charge in [0.2, 0.25) is 5.91 Å². The number of carbonyl (C=O) groups is 1. The van der Waals surface area contributed by atoms with Crippen molar-refractivity contribution in [1.82, 2.24) is 5.32 Å². The molecular formula is C21H28N2O. The molecule has 3 heteroatoms. The van der Waals surface area contributed by atoms with E-state index >= 15 is 0 Å². The Hall–Kier alpha value is -2.03. The van der Waals surface area contributed by atoms with E-state index in [0.29, 0.717) is 6.04 Å². The zero-order valence-corrected chi connectivity index (χ0v) is 15.2. The van der Waals surface area contributed by atoms with Crippen LogP contribution in [0.4, 0.5) is 5.69 Å². The zero-order chi connectivity index (χ0) is 17.3. The molecule has 1 N–H and O–H groups in total. The number of fused-ring (bicyclic) bond motifs is 3. The van der Waals surface area contributed by atoms with Crippen LogP contribution < -0.4 is 10.2 Å². The molecule has 0 aromatic heterocycles. The van der Waals surface area contributed by atoms with Crippen molar-refractivity contribution in [3.05, 3.63) is 42.0 Å². The number of amides is 1. The highest BCUT2D eigenvalue weighted by molar-refractivity contribution is 5.93. The van der Waals surface area contributed by atoms with E-state index in [1.165, 1.54) is 22.0 Å². The maximum absolute atomic E-state index is 11.0. The molecule has 0 saturated heterocycles. The van der Waals surface area contributed by atoms with E-state index in [9.17, 15) is 4.79 Å². The smallest absolute Gasteiger partial charge is 0.216 e. The van der Waals surface area contributed by atoms with Gasteiger partial charge in [-0.1, -0.05) is 44.2 Å². The van der Waals surface area contributed by atoms with Crippen molar-refractivity contribution in [3.8, 4) is 0 Å². The topological polar surface area (TPSA) is 32.3 Å². The van der Waals surface area contributed by atoms with Crippen LogP contribution in [0.2, 0.25) is 0 Å². The van der Waals surface area contributed by atoms with Crippen LogP contribution in [0.1, 0.15) is 45.6 Å². The molecule has 24 heavy (non-hydrogen) atoms. The Bertz CT molecular complexity index is 751. The molecule has 3 rings (SSSR count). The lowest BCUT2D eigenvalue weighted by molar-refractivity contribution is -0.118. The number of anilines is 1. The van der Waals surface area contributed by atoms with Crippen LogP contribution in [0.3, 0.4) is 0 Å². The summed E-state index contributed by atoms with van der Waals surface area (Å²) in [4.78, 5) is 13.4. The van der Waals surface area contributed by atoms with E-state index in [1.807, 2.05) is 0 Å². The third kappa shape index (κ3) is 2.88. The molecule has 1 atom stereocenters. The maximum atomic E-state index is 11.0. The van der Waals surface area contributed by atoms with Crippen molar-refractivity contribution >= 4 is 22.4 Å². The highest BCUT2D eigenvalue weighted by Crippen LogP contribution is 2.49. The van der Waals surface area contributed by atoms with Gasteiger partial charge in [0.05, 0.1) is 0 Å². The van der Waals surface area contributed by atoms with Gasteiger partial charge in [-0.25, -0.2) is 0 Å². The van der Waals surface area contributed by atoms with Crippen LogP contribution in [0.5, 0.6) is 0 Å². The molecule has 0 spiro atoms. The largest absolute Gasteiger partial charge is 0.370 e. The van der Waals surface area contributed by atoms with E-state index in [-0.39, 0.29) is 11.3 Å². The molecule has 1 aliphatic rings. The Morgan fingerprint density at radius 2 is 1.92 bits per heavy atom. The number of nitrogens with one attached hydrogen (secondary N) is 1. The summed E-state index contributed by atoms with van der Waals surface area (Å²) in [6.07, 6.45) is 3.31. The summed E-state index contributed by atoms with van der Waals surface area (Å²) < 4.78 is 0. The van der Waals surface area contributed by atoms with Gasteiger partial charge >= 0.3 is 0 Å². The third-order valence-corrected chi connectivity index (χ3v) is 5.51. The molecule has 1 aliphatic heterocycles. The van der Waals surface area contributed by atoms with Gasteiger partial charge < -0.3 is 10.2 Å². The first kappa shape index (κ1) is 16.8. The summed E-state index contributed by atoms with van der Waals surface area (Å²) in [7, 11) is 2.22. The van der Waals surface area contributed by atoms with Crippen LogP contribution >= 0.6 is 0 Å². The normalized spacial score (nSPS) is 18.7. The van der Waals surface area contributed by atoms with Gasteiger partial charge in [0.25, 0.3) is 0 Å². The molecule has 128 valence electrons. The fraction of sp³-hybridized carbons (Fsp3) is 0.476. The van der Waals surface area contributed by atoms with Crippen molar-refractivity contribution in [2.45, 2.75) is 51.5 Å². The molecule has 2 aromatic carbocycles. The first-order valence-electron chi connectivity index (χ1n) is 8.92. The Morgan fingerprint density at radius 3 is 2.67 bits per heavy atom. The van der Waals surface area contributed by atoms with Crippen molar-refractivity contribution in [1.29, 1.82) is 0 Å².